The van der Waals surface area contributed by atoms with Crippen LogP contribution >= 0.6 is 0 Å². The van der Waals surface area contributed by atoms with Crippen LogP contribution in [0.2, 0.25) is 0 Å². The number of rotatable bonds is 7. The molecule has 0 bridgehead atoms. The molecule has 30 heavy (non-hydrogen) atoms. The maximum atomic E-state index is 12.9. The zero-order chi connectivity index (χ0) is 21.7. The van der Waals surface area contributed by atoms with Crippen molar-refractivity contribution in [2.45, 2.75) is 6.54 Å². The van der Waals surface area contributed by atoms with Crippen molar-refractivity contribution in [2.75, 3.05) is 54.6 Å². The molecule has 0 spiro atoms. The summed E-state index contributed by atoms with van der Waals surface area (Å²) in [5, 5.41) is 10.1. The van der Waals surface area contributed by atoms with Crippen molar-refractivity contribution in [3.8, 4) is 28.7 Å². The van der Waals surface area contributed by atoms with Gasteiger partial charge < -0.3 is 33.9 Å². The fourth-order valence-corrected chi connectivity index (χ4v) is 3.69. The highest BCUT2D eigenvalue weighted by Crippen LogP contribution is 2.36. The van der Waals surface area contributed by atoms with E-state index in [-0.39, 0.29) is 11.7 Å². The molecule has 0 atom stereocenters. The Morgan fingerprint density at radius 2 is 1.47 bits per heavy atom. The van der Waals surface area contributed by atoms with Crippen molar-refractivity contribution in [3.63, 3.8) is 0 Å². The summed E-state index contributed by atoms with van der Waals surface area (Å²) in [5.41, 5.74) is 1.60. The number of carbonyl (C=O) groups is 1. The molecular formula is C22H29N2O6+. The van der Waals surface area contributed by atoms with Crippen LogP contribution in [0, 0.1) is 0 Å². The first kappa shape index (κ1) is 21.6. The average molecular weight is 417 g/mol. The predicted octanol–water partition coefficient (Wildman–Crippen LogP) is 0.968. The van der Waals surface area contributed by atoms with Crippen molar-refractivity contribution in [1.82, 2.24) is 4.90 Å². The Kier molecular flexibility index (Phi) is 6.89. The number of ether oxygens (including phenoxy) is 4. The standard InChI is InChI=1S/C22H28N2O6/c1-27-17-6-5-16(13-18(17)28-2)22(26)24-9-7-23(8-10-24)14-15-11-19(29-3)21(25)20(12-15)30-4/h5-6,11-13,25H,7-10,14H2,1-4H3/p+1. The van der Waals surface area contributed by atoms with Crippen molar-refractivity contribution in [1.29, 1.82) is 0 Å². The summed E-state index contributed by atoms with van der Waals surface area (Å²) in [5.74, 6) is 1.93. The van der Waals surface area contributed by atoms with Gasteiger partial charge in [-0.3, -0.25) is 4.79 Å². The van der Waals surface area contributed by atoms with E-state index in [2.05, 4.69) is 0 Å². The first-order valence-electron chi connectivity index (χ1n) is 9.79. The summed E-state index contributed by atoms with van der Waals surface area (Å²) < 4.78 is 21.0. The van der Waals surface area contributed by atoms with E-state index in [9.17, 15) is 9.90 Å². The molecule has 3 rings (SSSR count). The van der Waals surface area contributed by atoms with Crippen LogP contribution in [-0.2, 0) is 6.54 Å². The second-order valence-corrected chi connectivity index (χ2v) is 7.14. The Morgan fingerprint density at radius 3 is 2.00 bits per heavy atom. The van der Waals surface area contributed by atoms with Gasteiger partial charge in [0.25, 0.3) is 5.91 Å². The number of benzene rings is 2. The van der Waals surface area contributed by atoms with E-state index >= 15 is 0 Å². The second-order valence-electron chi connectivity index (χ2n) is 7.14. The number of nitrogens with zero attached hydrogens (tertiary/aromatic N) is 1. The molecule has 2 aromatic rings. The average Bonchev–Trinajstić information content (AvgIpc) is 2.79. The lowest BCUT2D eigenvalue weighted by atomic mass is 10.1. The number of nitrogens with one attached hydrogen (secondary N) is 1. The van der Waals surface area contributed by atoms with Crippen LogP contribution in [0.15, 0.2) is 30.3 Å². The molecule has 1 aliphatic heterocycles. The van der Waals surface area contributed by atoms with Gasteiger partial charge in [0.05, 0.1) is 54.6 Å². The van der Waals surface area contributed by atoms with Gasteiger partial charge in [-0.25, -0.2) is 0 Å². The molecule has 2 aromatic carbocycles. The van der Waals surface area contributed by atoms with Gasteiger partial charge in [-0.2, -0.15) is 0 Å². The third-order valence-electron chi connectivity index (χ3n) is 5.38. The van der Waals surface area contributed by atoms with E-state index in [1.54, 1.807) is 32.4 Å². The molecule has 1 heterocycles. The van der Waals surface area contributed by atoms with E-state index in [1.807, 2.05) is 17.0 Å². The molecule has 1 aliphatic rings. The van der Waals surface area contributed by atoms with E-state index in [1.165, 1.54) is 19.1 Å². The molecule has 1 fully saturated rings. The SMILES string of the molecule is COc1ccc(C(=O)N2CC[NH+](Cc3cc(OC)c(O)c(OC)c3)CC2)cc1OC. The van der Waals surface area contributed by atoms with Gasteiger partial charge in [0.1, 0.15) is 6.54 Å². The zero-order valence-corrected chi connectivity index (χ0v) is 17.9. The molecule has 8 heteroatoms. The van der Waals surface area contributed by atoms with E-state index in [4.69, 9.17) is 18.9 Å². The molecular weight excluding hydrogens is 388 g/mol. The summed E-state index contributed by atoms with van der Waals surface area (Å²) in [6, 6.07) is 8.88. The highest BCUT2D eigenvalue weighted by atomic mass is 16.5. The van der Waals surface area contributed by atoms with Gasteiger partial charge in [-0.1, -0.05) is 0 Å². The van der Waals surface area contributed by atoms with Crippen LogP contribution in [0.1, 0.15) is 15.9 Å². The summed E-state index contributed by atoms with van der Waals surface area (Å²) in [6.07, 6.45) is 0. The number of hydrogen-bond acceptors (Lipinski definition) is 6. The summed E-state index contributed by atoms with van der Waals surface area (Å²) in [4.78, 5) is 16.1. The van der Waals surface area contributed by atoms with Crippen LogP contribution < -0.4 is 23.8 Å². The van der Waals surface area contributed by atoms with Crippen LogP contribution in [0.4, 0.5) is 0 Å². The number of hydrogen-bond donors (Lipinski definition) is 2. The van der Waals surface area contributed by atoms with Crippen molar-refractivity contribution in [2.24, 2.45) is 0 Å². The normalized spacial score (nSPS) is 14.3. The summed E-state index contributed by atoms with van der Waals surface area (Å²) in [7, 11) is 6.16. The third kappa shape index (κ3) is 4.54. The highest BCUT2D eigenvalue weighted by molar-refractivity contribution is 5.95. The van der Waals surface area contributed by atoms with Gasteiger partial charge in [0, 0.05) is 11.1 Å². The van der Waals surface area contributed by atoms with E-state index in [0.29, 0.717) is 41.7 Å². The number of methoxy groups -OCH3 is 4. The number of phenols is 1. The zero-order valence-electron chi connectivity index (χ0n) is 17.9. The monoisotopic (exact) mass is 417 g/mol. The number of amides is 1. The molecule has 0 aliphatic carbocycles. The lowest BCUT2D eigenvalue weighted by Crippen LogP contribution is -3.13. The van der Waals surface area contributed by atoms with Crippen molar-refractivity contribution in [3.05, 3.63) is 41.5 Å². The molecule has 0 saturated carbocycles. The fourth-order valence-electron chi connectivity index (χ4n) is 3.69. The molecule has 8 nitrogen and oxygen atoms in total. The van der Waals surface area contributed by atoms with E-state index < -0.39 is 0 Å². The number of carbonyl (C=O) groups excluding carboxylic acids is 1. The van der Waals surface area contributed by atoms with Gasteiger partial charge in [0.15, 0.2) is 23.0 Å². The van der Waals surface area contributed by atoms with Crippen molar-refractivity contribution >= 4 is 5.91 Å². The van der Waals surface area contributed by atoms with Gasteiger partial charge in [-0.15, -0.1) is 0 Å². The maximum Gasteiger partial charge on any atom is 0.254 e. The van der Waals surface area contributed by atoms with Crippen LogP contribution in [-0.4, -0.2) is 70.5 Å². The topological polar surface area (TPSA) is 81.9 Å². The van der Waals surface area contributed by atoms with Crippen molar-refractivity contribution < 1.29 is 33.7 Å². The maximum absolute atomic E-state index is 12.9. The first-order valence-corrected chi connectivity index (χ1v) is 9.79. The molecule has 0 unspecified atom stereocenters. The van der Waals surface area contributed by atoms with Gasteiger partial charge >= 0.3 is 0 Å². The molecule has 2 N–H and O–H groups in total. The quantitative estimate of drug-likeness (QED) is 0.699. The molecule has 1 amide bonds. The van der Waals surface area contributed by atoms with Crippen LogP contribution in [0.25, 0.3) is 0 Å². The molecule has 0 radical (unpaired) electrons. The minimum atomic E-state index is -0.0111. The van der Waals surface area contributed by atoms with Crippen LogP contribution in [0.3, 0.4) is 0 Å². The Hall–Kier alpha value is -3.13. The molecule has 0 aromatic heterocycles. The summed E-state index contributed by atoms with van der Waals surface area (Å²) in [6.45, 7) is 3.73. The van der Waals surface area contributed by atoms with Crippen LogP contribution in [0.5, 0.6) is 28.7 Å². The number of quaternary nitrogens is 1. The minimum absolute atomic E-state index is 0.00378. The number of piperazine rings is 1. The molecule has 1 saturated heterocycles. The Morgan fingerprint density at radius 1 is 0.900 bits per heavy atom. The highest BCUT2D eigenvalue weighted by Gasteiger charge is 2.26. The fraction of sp³-hybridized carbons (Fsp3) is 0.409. The number of phenolic OH excluding ortho intramolecular Hbond substituents is 1. The number of aromatic hydroxyl groups is 1. The molecule has 162 valence electrons. The Balaban J connectivity index is 1.63. The lowest BCUT2D eigenvalue weighted by molar-refractivity contribution is -0.917. The van der Waals surface area contributed by atoms with E-state index in [0.717, 1.165) is 25.2 Å². The Bertz CT molecular complexity index is 868. The second kappa shape index (κ2) is 9.58. The Labute approximate surface area is 176 Å². The predicted molar refractivity (Wildman–Crippen MR) is 111 cm³/mol. The largest absolute Gasteiger partial charge is 0.502 e. The van der Waals surface area contributed by atoms with Gasteiger partial charge in [-0.05, 0) is 30.3 Å². The summed E-state index contributed by atoms with van der Waals surface area (Å²) >= 11 is 0. The smallest absolute Gasteiger partial charge is 0.254 e. The van der Waals surface area contributed by atoms with Gasteiger partial charge in [0.2, 0.25) is 5.75 Å². The minimum Gasteiger partial charge on any atom is -0.502 e. The third-order valence-corrected chi connectivity index (χ3v) is 5.38. The first-order chi connectivity index (χ1) is 14.5. The lowest BCUT2D eigenvalue weighted by Gasteiger charge is -2.32.